The Balaban J connectivity index is 1.35. The zero-order valence-corrected chi connectivity index (χ0v) is 19.8. The molecular weight excluding hydrogens is 428 g/mol. The van der Waals surface area contributed by atoms with Crippen LogP contribution in [0.4, 0.5) is 4.79 Å². The van der Waals surface area contributed by atoms with Gasteiger partial charge in [-0.05, 0) is 75.6 Å². The lowest BCUT2D eigenvalue weighted by atomic mass is 9.82. The molecule has 0 spiro atoms. The molecule has 7 nitrogen and oxygen atoms in total. The van der Waals surface area contributed by atoms with Crippen LogP contribution in [0.5, 0.6) is 0 Å². The van der Waals surface area contributed by atoms with Crippen molar-refractivity contribution in [3.05, 3.63) is 60.4 Å². The van der Waals surface area contributed by atoms with Gasteiger partial charge in [-0.1, -0.05) is 18.2 Å². The van der Waals surface area contributed by atoms with Gasteiger partial charge in [0.25, 0.3) is 5.91 Å². The summed E-state index contributed by atoms with van der Waals surface area (Å²) < 4.78 is 5.34. The average Bonchev–Trinajstić information content (AvgIpc) is 2.86. The first-order valence-electron chi connectivity index (χ1n) is 12.0. The van der Waals surface area contributed by atoms with E-state index in [1.807, 2.05) is 56.3 Å². The Hall–Kier alpha value is -3.48. The molecule has 1 fully saturated rings. The minimum Gasteiger partial charge on any atom is -0.449 e. The van der Waals surface area contributed by atoms with Crippen molar-refractivity contribution in [1.82, 2.24) is 20.6 Å². The smallest absolute Gasteiger partial charge is 0.407 e. The number of aromatic nitrogens is 2. The van der Waals surface area contributed by atoms with E-state index in [1.54, 1.807) is 12.4 Å². The second-order valence-electron chi connectivity index (χ2n) is 9.30. The van der Waals surface area contributed by atoms with Crippen LogP contribution in [0.1, 0.15) is 49.9 Å². The Bertz CT molecular complexity index is 1130. The summed E-state index contributed by atoms with van der Waals surface area (Å²) in [6.45, 7) is 4.92. The van der Waals surface area contributed by atoms with Crippen molar-refractivity contribution >= 4 is 22.9 Å². The van der Waals surface area contributed by atoms with Crippen molar-refractivity contribution in [3.63, 3.8) is 0 Å². The highest BCUT2D eigenvalue weighted by Crippen LogP contribution is 2.29. The number of amides is 2. The van der Waals surface area contributed by atoms with E-state index in [-0.39, 0.29) is 18.0 Å². The number of carbonyl (C=O) groups excluding carboxylic acids is 2. The molecule has 0 unspecified atom stereocenters. The lowest BCUT2D eigenvalue weighted by Crippen LogP contribution is -2.34. The molecule has 0 radical (unpaired) electrons. The molecule has 0 aliphatic heterocycles. The number of fused-ring (bicyclic) bond motifs is 1. The maximum Gasteiger partial charge on any atom is 0.407 e. The fourth-order valence-corrected chi connectivity index (χ4v) is 4.44. The van der Waals surface area contributed by atoms with Crippen molar-refractivity contribution in [2.45, 2.75) is 45.6 Å². The molecule has 2 N–H and O–H groups in total. The number of hydrogen-bond donors (Lipinski definition) is 2. The molecule has 34 heavy (non-hydrogen) atoms. The van der Waals surface area contributed by atoms with E-state index in [1.165, 1.54) is 0 Å². The molecule has 2 amide bonds. The van der Waals surface area contributed by atoms with Crippen LogP contribution in [0.25, 0.3) is 22.2 Å². The fourth-order valence-electron chi connectivity index (χ4n) is 4.44. The van der Waals surface area contributed by atoms with E-state index >= 15 is 0 Å². The van der Waals surface area contributed by atoms with Crippen LogP contribution in [-0.4, -0.2) is 41.2 Å². The summed E-state index contributed by atoms with van der Waals surface area (Å²) >= 11 is 0. The maximum absolute atomic E-state index is 13.2. The Morgan fingerprint density at radius 2 is 1.74 bits per heavy atom. The van der Waals surface area contributed by atoms with Gasteiger partial charge in [-0.15, -0.1) is 0 Å². The summed E-state index contributed by atoms with van der Waals surface area (Å²) in [6.07, 6.45) is 7.13. The number of pyridine rings is 2. The van der Waals surface area contributed by atoms with Crippen molar-refractivity contribution in [3.8, 4) is 11.3 Å². The highest BCUT2D eigenvalue weighted by molar-refractivity contribution is 6.07. The van der Waals surface area contributed by atoms with Crippen LogP contribution in [0.2, 0.25) is 0 Å². The van der Waals surface area contributed by atoms with Gasteiger partial charge in [0, 0.05) is 35.9 Å². The number of carbonyl (C=O) groups is 2. The summed E-state index contributed by atoms with van der Waals surface area (Å²) in [5.74, 6) is 0.735. The SMILES string of the molecule is CC(C)NC(=O)OCC1CCC(CNC(=O)c2cc(-c3ccncc3)nc3ccccc23)CC1. The molecule has 1 aliphatic rings. The van der Waals surface area contributed by atoms with Crippen molar-refractivity contribution in [2.75, 3.05) is 13.2 Å². The third-order valence-electron chi connectivity index (χ3n) is 6.31. The monoisotopic (exact) mass is 460 g/mol. The number of benzene rings is 1. The zero-order chi connectivity index (χ0) is 23.9. The Kier molecular flexibility index (Phi) is 7.72. The van der Waals surface area contributed by atoms with Gasteiger partial charge in [0.15, 0.2) is 0 Å². The van der Waals surface area contributed by atoms with Gasteiger partial charge in [0.05, 0.1) is 23.4 Å². The summed E-state index contributed by atoms with van der Waals surface area (Å²) in [7, 11) is 0. The van der Waals surface area contributed by atoms with E-state index in [9.17, 15) is 9.59 Å². The molecule has 7 heteroatoms. The zero-order valence-electron chi connectivity index (χ0n) is 19.8. The van der Waals surface area contributed by atoms with E-state index in [4.69, 9.17) is 9.72 Å². The fraction of sp³-hybridized carbons (Fsp3) is 0.407. The van der Waals surface area contributed by atoms with Gasteiger partial charge in [-0.25, -0.2) is 9.78 Å². The van der Waals surface area contributed by atoms with Gasteiger partial charge in [-0.3, -0.25) is 9.78 Å². The maximum atomic E-state index is 13.2. The lowest BCUT2D eigenvalue weighted by Gasteiger charge is -2.28. The normalized spacial score (nSPS) is 18.0. The largest absolute Gasteiger partial charge is 0.449 e. The third-order valence-corrected chi connectivity index (χ3v) is 6.31. The van der Waals surface area contributed by atoms with Gasteiger partial charge < -0.3 is 15.4 Å². The van der Waals surface area contributed by atoms with Crippen molar-refractivity contribution in [2.24, 2.45) is 11.8 Å². The van der Waals surface area contributed by atoms with Crippen LogP contribution < -0.4 is 10.6 Å². The van der Waals surface area contributed by atoms with Crippen molar-refractivity contribution < 1.29 is 14.3 Å². The van der Waals surface area contributed by atoms with Gasteiger partial charge in [0.1, 0.15) is 0 Å². The third kappa shape index (κ3) is 6.10. The molecule has 0 bridgehead atoms. The van der Waals surface area contributed by atoms with Crippen LogP contribution in [0, 0.1) is 11.8 Å². The minimum absolute atomic E-state index is 0.0742. The van der Waals surface area contributed by atoms with E-state index in [0.717, 1.165) is 47.8 Å². The van der Waals surface area contributed by atoms with E-state index < -0.39 is 0 Å². The Morgan fingerprint density at radius 3 is 2.47 bits per heavy atom. The quantitative estimate of drug-likeness (QED) is 0.519. The number of hydrogen-bond acceptors (Lipinski definition) is 5. The van der Waals surface area contributed by atoms with Gasteiger partial charge in [0.2, 0.25) is 0 Å². The lowest BCUT2D eigenvalue weighted by molar-refractivity contribution is 0.0922. The molecular formula is C27H32N4O3. The van der Waals surface area contributed by atoms with Crippen LogP contribution >= 0.6 is 0 Å². The predicted molar refractivity (Wildman–Crippen MR) is 132 cm³/mol. The van der Waals surface area contributed by atoms with Crippen LogP contribution in [0.3, 0.4) is 0 Å². The number of alkyl carbamates (subject to hydrolysis) is 1. The van der Waals surface area contributed by atoms with Crippen LogP contribution in [-0.2, 0) is 4.74 Å². The molecule has 0 saturated heterocycles. The average molecular weight is 461 g/mol. The molecule has 4 rings (SSSR count). The predicted octanol–water partition coefficient (Wildman–Crippen LogP) is 4.97. The van der Waals surface area contributed by atoms with E-state index in [0.29, 0.717) is 30.6 Å². The number of rotatable bonds is 7. The standard InChI is InChI=1S/C27H32N4O3/c1-18(2)30-27(33)34-17-20-9-7-19(8-10-20)16-29-26(32)23-15-25(21-11-13-28-14-12-21)31-24-6-4-3-5-22(23)24/h3-6,11-15,18-20H,7-10,16-17H2,1-2H3,(H,29,32)(H,30,33). The molecule has 2 aromatic heterocycles. The second kappa shape index (κ2) is 11.1. The topological polar surface area (TPSA) is 93.2 Å². The van der Waals surface area contributed by atoms with Crippen molar-refractivity contribution in [1.29, 1.82) is 0 Å². The highest BCUT2D eigenvalue weighted by atomic mass is 16.5. The molecule has 1 aromatic carbocycles. The van der Waals surface area contributed by atoms with Gasteiger partial charge >= 0.3 is 6.09 Å². The summed E-state index contributed by atoms with van der Waals surface area (Å²) in [5.41, 5.74) is 3.12. The van der Waals surface area contributed by atoms with E-state index in [2.05, 4.69) is 15.6 Å². The Morgan fingerprint density at radius 1 is 1.03 bits per heavy atom. The molecule has 3 aromatic rings. The Labute approximate surface area is 200 Å². The second-order valence-corrected chi connectivity index (χ2v) is 9.30. The summed E-state index contributed by atoms with van der Waals surface area (Å²) in [6, 6.07) is 13.5. The van der Waals surface area contributed by atoms with Crippen LogP contribution in [0.15, 0.2) is 54.9 Å². The summed E-state index contributed by atoms with van der Waals surface area (Å²) in [5, 5.41) is 6.75. The highest BCUT2D eigenvalue weighted by Gasteiger charge is 2.23. The summed E-state index contributed by atoms with van der Waals surface area (Å²) in [4.78, 5) is 33.7. The molecule has 1 aliphatic carbocycles. The number of ether oxygens (including phenoxy) is 1. The van der Waals surface area contributed by atoms with Gasteiger partial charge in [-0.2, -0.15) is 0 Å². The first kappa shape index (κ1) is 23.7. The molecule has 178 valence electrons. The number of nitrogens with one attached hydrogen (secondary N) is 2. The molecule has 2 heterocycles. The molecule has 0 atom stereocenters. The molecule has 1 saturated carbocycles. The number of nitrogens with zero attached hydrogens (tertiary/aromatic N) is 2. The minimum atomic E-state index is -0.347. The number of para-hydroxylation sites is 1. The first-order valence-corrected chi connectivity index (χ1v) is 12.0. The first-order chi connectivity index (χ1) is 16.5.